The zero-order valence-electron chi connectivity index (χ0n) is 13.0. The van der Waals surface area contributed by atoms with Crippen molar-refractivity contribution in [2.75, 3.05) is 14.2 Å². The molecule has 0 N–H and O–H groups in total. The van der Waals surface area contributed by atoms with Crippen LogP contribution in [-0.4, -0.2) is 30.0 Å². The maximum atomic E-state index is 13.9. The van der Waals surface area contributed by atoms with Gasteiger partial charge in [0, 0.05) is 23.1 Å². The van der Waals surface area contributed by atoms with E-state index in [1.165, 1.54) is 31.0 Å². The number of carbonyl (C=O) groups excluding carboxylic acids is 1. The molecule has 0 fully saturated rings. The number of methoxy groups -OCH3 is 2. The van der Waals surface area contributed by atoms with E-state index in [0.717, 1.165) is 6.07 Å². The van der Waals surface area contributed by atoms with Crippen LogP contribution < -0.4 is 4.74 Å². The molecule has 2 aromatic carbocycles. The number of hydrogen-bond donors (Lipinski definition) is 0. The van der Waals surface area contributed by atoms with E-state index in [4.69, 9.17) is 9.47 Å². The van der Waals surface area contributed by atoms with Crippen molar-refractivity contribution in [2.45, 2.75) is 6.54 Å². The van der Waals surface area contributed by atoms with Gasteiger partial charge >= 0.3 is 5.97 Å². The van der Waals surface area contributed by atoms with Crippen LogP contribution in [0.1, 0.15) is 16.1 Å². The Labute approximate surface area is 136 Å². The lowest BCUT2D eigenvalue weighted by Gasteiger charge is -2.06. The fourth-order valence-electron chi connectivity index (χ4n) is 2.46. The number of fused-ring (bicyclic) bond motifs is 1. The zero-order chi connectivity index (χ0) is 17.3. The molecule has 7 heteroatoms. The average Bonchev–Trinajstić information content (AvgIpc) is 2.94. The third-order valence-electron chi connectivity index (χ3n) is 3.67. The SMILES string of the molecule is COC(=O)c1nn(Cc2ccc(F)cc2F)c2cc(OC)ccc12. The van der Waals surface area contributed by atoms with E-state index in [1.807, 2.05) is 0 Å². The second-order valence-corrected chi connectivity index (χ2v) is 5.12. The normalized spacial score (nSPS) is 10.8. The summed E-state index contributed by atoms with van der Waals surface area (Å²) in [5.41, 5.74) is 0.955. The molecule has 0 aliphatic carbocycles. The molecular formula is C17H14F2N2O3. The fraction of sp³-hybridized carbons (Fsp3) is 0.176. The summed E-state index contributed by atoms with van der Waals surface area (Å²) in [5.74, 6) is -1.36. The van der Waals surface area contributed by atoms with Crippen molar-refractivity contribution in [3.8, 4) is 5.75 Å². The van der Waals surface area contributed by atoms with E-state index < -0.39 is 17.6 Å². The molecule has 24 heavy (non-hydrogen) atoms. The first-order valence-corrected chi connectivity index (χ1v) is 7.10. The molecule has 3 rings (SSSR count). The van der Waals surface area contributed by atoms with Gasteiger partial charge in [-0.3, -0.25) is 4.68 Å². The van der Waals surface area contributed by atoms with E-state index in [9.17, 15) is 13.6 Å². The Kier molecular flexibility index (Phi) is 4.16. The van der Waals surface area contributed by atoms with Crippen molar-refractivity contribution in [1.29, 1.82) is 0 Å². The first kappa shape index (κ1) is 15.9. The fourth-order valence-corrected chi connectivity index (χ4v) is 2.46. The predicted octanol–water partition coefficient (Wildman–Crippen LogP) is 3.16. The first-order valence-electron chi connectivity index (χ1n) is 7.10. The van der Waals surface area contributed by atoms with Crippen LogP contribution in [0, 0.1) is 11.6 Å². The largest absolute Gasteiger partial charge is 0.497 e. The van der Waals surface area contributed by atoms with Crippen LogP contribution in [-0.2, 0) is 11.3 Å². The Balaban J connectivity index is 2.13. The molecule has 0 saturated carbocycles. The number of aromatic nitrogens is 2. The summed E-state index contributed by atoms with van der Waals surface area (Å²) in [7, 11) is 2.78. The first-order chi connectivity index (χ1) is 11.5. The van der Waals surface area contributed by atoms with Gasteiger partial charge in [0.1, 0.15) is 17.4 Å². The second kappa shape index (κ2) is 6.27. The van der Waals surface area contributed by atoms with Crippen LogP contribution in [0.4, 0.5) is 8.78 Å². The number of ether oxygens (including phenoxy) is 2. The predicted molar refractivity (Wildman–Crippen MR) is 83.1 cm³/mol. The Morgan fingerprint density at radius 2 is 1.96 bits per heavy atom. The highest BCUT2D eigenvalue weighted by Gasteiger charge is 2.19. The molecule has 0 spiro atoms. The lowest BCUT2D eigenvalue weighted by molar-refractivity contribution is 0.0595. The van der Waals surface area contributed by atoms with Crippen LogP contribution in [0.2, 0.25) is 0 Å². The molecule has 0 atom stereocenters. The van der Waals surface area contributed by atoms with E-state index in [-0.39, 0.29) is 17.8 Å². The van der Waals surface area contributed by atoms with Gasteiger partial charge in [0.15, 0.2) is 5.69 Å². The van der Waals surface area contributed by atoms with Gasteiger partial charge in [-0.15, -0.1) is 0 Å². The summed E-state index contributed by atoms with van der Waals surface area (Å²) in [6.07, 6.45) is 0. The minimum Gasteiger partial charge on any atom is -0.497 e. The molecule has 1 heterocycles. The van der Waals surface area contributed by atoms with Gasteiger partial charge in [-0.25, -0.2) is 13.6 Å². The van der Waals surface area contributed by atoms with E-state index in [2.05, 4.69) is 5.10 Å². The van der Waals surface area contributed by atoms with Crippen molar-refractivity contribution in [3.05, 3.63) is 59.3 Å². The summed E-state index contributed by atoms with van der Waals surface area (Å²) in [5, 5.41) is 4.78. The van der Waals surface area contributed by atoms with Crippen molar-refractivity contribution in [1.82, 2.24) is 9.78 Å². The topological polar surface area (TPSA) is 53.3 Å². The number of esters is 1. The van der Waals surface area contributed by atoms with Gasteiger partial charge in [0.2, 0.25) is 0 Å². The number of nitrogens with zero attached hydrogens (tertiary/aromatic N) is 2. The molecule has 1 aromatic heterocycles. The quantitative estimate of drug-likeness (QED) is 0.689. The molecule has 5 nitrogen and oxygen atoms in total. The van der Waals surface area contributed by atoms with Gasteiger partial charge in [0.25, 0.3) is 0 Å². The smallest absolute Gasteiger partial charge is 0.359 e. The Morgan fingerprint density at radius 3 is 2.62 bits per heavy atom. The molecule has 0 radical (unpaired) electrons. The standard InChI is InChI=1S/C17H14F2N2O3/c1-23-12-5-6-13-15(8-12)21(20-16(13)17(22)24-2)9-10-3-4-11(18)7-14(10)19/h3-8H,9H2,1-2H3. The molecular weight excluding hydrogens is 318 g/mol. The number of benzene rings is 2. The van der Waals surface area contributed by atoms with Crippen LogP contribution in [0.25, 0.3) is 10.9 Å². The molecule has 3 aromatic rings. The molecule has 124 valence electrons. The third kappa shape index (κ3) is 2.80. The Morgan fingerprint density at radius 1 is 1.17 bits per heavy atom. The summed E-state index contributed by atoms with van der Waals surface area (Å²) in [6, 6.07) is 8.39. The maximum absolute atomic E-state index is 13.9. The van der Waals surface area contributed by atoms with E-state index >= 15 is 0 Å². The Hall–Kier alpha value is -2.96. The van der Waals surface area contributed by atoms with Crippen LogP contribution in [0.5, 0.6) is 5.75 Å². The average molecular weight is 332 g/mol. The molecule has 0 aliphatic rings. The number of carbonyl (C=O) groups is 1. The van der Waals surface area contributed by atoms with E-state index in [1.54, 1.807) is 18.2 Å². The van der Waals surface area contributed by atoms with E-state index in [0.29, 0.717) is 16.7 Å². The second-order valence-electron chi connectivity index (χ2n) is 5.12. The zero-order valence-corrected chi connectivity index (χ0v) is 13.0. The summed E-state index contributed by atoms with van der Waals surface area (Å²) in [4.78, 5) is 11.9. The highest BCUT2D eigenvalue weighted by molar-refractivity contribution is 6.02. The Bertz CT molecular complexity index is 922. The van der Waals surface area contributed by atoms with Crippen molar-refractivity contribution >= 4 is 16.9 Å². The monoisotopic (exact) mass is 332 g/mol. The third-order valence-corrected chi connectivity index (χ3v) is 3.67. The molecule has 0 unspecified atom stereocenters. The van der Waals surface area contributed by atoms with Crippen molar-refractivity contribution < 1.29 is 23.0 Å². The molecule has 0 bridgehead atoms. The van der Waals surface area contributed by atoms with Gasteiger partial charge in [-0.1, -0.05) is 6.07 Å². The van der Waals surface area contributed by atoms with Crippen molar-refractivity contribution in [2.24, 2.45) is 0 Å². The summed E-state index contributed by atoms with van der Waals surface area (Å²) in [6.45, 7) is 0.0345. The molecule has 0 aliphatic heterocycles. The van der Waals surface area contributed by atoms with Crippen molar-refractivity contribution in [3.63, 3.8) is 0 Å². The van der Waals surface area contributed by atoms with Crippen LogP contribution >= 0.6 is 0 Å². The number of rotatable bonds is 4. The highest BCUT2D eigenvalue weighted by atomic mass is 19.1. The summed E-state index contributed by atoms with van der Waals surface area (Å²) < 4.78 is 38.3. The van der Waals surface area contributed by atoms with Crippen LogP contribution in [0.15, 0.2) is 36.4 Å². The summed E-state index contributed by atoms with van der Waals surface area (Å²) >= 11 is 0. The minimum atomic E-state index is -0.679. The minimum absolute atomic E-state index is 0.0345. The number of halogens is 2. The van der Waals surface area contributed by atoms with Gasteiger partial charge in [0.05, 0.1) is 26.3 Å². The highest BCUT2D eigenvalue weighted by Crippen LogP contribution is 2.25. The van der Waals surface area contributed by atoms with Gasteiger partial charge in [-0.05, 0) is 18.2 Å². The maximum Gasteiger partial charge on any atom is 0.359 e. The lowest BCUT2D eigenvalue weighted by Crippen LogP contribution is -2.07. The van der Waals surface area contributed by atoms with Gasteiger partial charge < -0.3 is 9.47 Å². The molecule has 0 amide bonds. The molecule has 0 saturated heterocycles. The lowest BCUT2D eigenvalue weighted by atomic mass is 10.2. The van der Waals surface area contributed by atoms with Gasteiger partial charge in [-0.2, -0.15) is 5.10 Å². The number of hydrogen-bond acceptors (Lipinski definition) is 4. The van der Waals surface area contributed by atoms with Crippen LogP contribution in [0.3, 0.4) is 0 Å².